The van der Waals surface area contributed by atoms with Gasteiger partial charge in [0, 0.05) is 14.1 Å². The van der Waals surface area contributed by atoms with Gasteiger partial charge in [0.2, 0.25) is 0 Å². The molecular formula is C5H9N5. The van der Waals surface area contributed by atoms with Crippen LogP contribution in [0.3, 0.4) is 0 Å². The van der Waals surface area contributed by atoms with E-state index in [4.69, 9.17) is 5.53 Å². The molecule has 5 heteroatoms. The van der Waals surface area contributed by atoms with E-state index >= 15 is 0 Å². The monoisotopic (exact) mass is 139 g/mol. The summed E-state index contributed by atoms with van der Waals surface area (Å²) in [6.07, 6.45) is 3.28. The SMILES string of the molecule is CN1C=C(N=N)N(C)C=N1. The van der Waals surface area contributed by atoms with Crippen molar-refractivity contribution < 1.29 is 0 Å². The van der Waals surface area contributed by atoms with E-state index in [0.29, 0.717) is 5.82 Å². The van der Waals surface area contributed by atoms with Crippen LogP contribution in [0.25, 0.3) is 0 Å². The summed E-state index contributed by atoms with van der Waals surface area (Å²) in [5, 5.41) is 8.81. The zero-order valence-corrected chi connectivity index (χ0v) is 5.94. The second-order valence-electron chi connectivity index (χ2n) is 2.01. The van der Waals surface area contributed by atoms with Gasteiger partial charge in [-0.1, -0.05) is 0 Å². The molecule has 0 aromatic heterocycles. The second kappa shape index (κ2) is 2.47. The predicted octanol–water partition coefficient (Wildman–Crippen LogP) is 0.637. The summed E-state index contributed by atoms with van der Waals surface area (Å²) < 4.78 is 0. The number of hydrogen-bond donors (Lipinski definition) is 1. The minimum Gasteiger partial charge on any atom is -0.316 e. The molecule has 5 nitrogen and oxygen atoms in total. The van der Waals surface area contributed by atoms with Crippen molar-refractivity contribution in [3.8, 4) is 0 Å². The van der Waals surface area contributed by atoms with Crippen LogP contribution in [0.1, 0.15) is 0 Å². The van der Waals surface area contributed by atoms with Crippen molar-refractivity contribution in [2.75, 3.05) is 14.1 Å². The van der Waals surface area contributed by atoms with Crippen LogP contribution in [-0.4, -0.2) is 30.3 Å². The Balaban J connectivity index is 2.78. The van der Waals surface area contributed by atoms with Gasteiger partial charge in [0.05, 0.1) is 6.20 Å². The standard InChI is InChI=1S/C5H9N5/c1-9-4-7-10(2)3-5(9)8-6/h3-4,6H,1-2H3. The largest absolute Gasteiger partial charge is 0.316 e. The normalized spacial score (nSPS) is 17.2. The number of rotatable bonds is 1. The van der Waals surface area contributed by atoms with Crippen molar-refractivity contribution in [3.05, 3.63) is 12.0 Å². The van der Waals surface area contributed by atoms with Crippen molar-refractivity contribution in [1.29, 1.82) is 5.53 Å². The van der Waals surface area contributed by atoms with E-state index in [1.807, 2.05) is 0 Å². The average Bonchev–Trinajstić information content (AvgIpc) is 1.94. The molecule has 0 aliphatic carbocycles. The molecule has 0 atom stereocenters. The van der Waals surface area contributed by atoms with Gasteiger partial charge in [0.15, 0.2) is 5.82 Å². The molecule has 0 spiro atoms. The molecule has 1 heterocycles. The number of nitrogens with zero attached hydrogens (tertiary/aromatic N) is 4. The fourth-order valence-corrected chi connectivity index (χ4v) is 0.617. The highest BCUT2D eigenvalue weighted by Crippen LogP contribution is 2.06. The van der Waals surface area contributed by atoms with Crippen LogP contribution < -0.4 is 0 Å². The molecule has 10 heavy (non-hydrogen) atoms. The number of hydrogen-bond acceptors (Lipinski definition) is 5. The molecule has 0 radical (unpaired) electrons. The highest BCUT2D eigenvalue weighted by Gasteiger charge is 2.05. The first kappa shape index (κ1) is 6.73. The summed E-state index contributed by atoms with van der Waals surface area (Å²) in [5.41, 5.74) is 6.74. The Hall–Kier alpha value is -1.39. The Morgan fingerprint density at radius 2 is 2.30 bits per heavy atom. The molecule has 0 saturated heterocycles. The fourth-order valence-electron chi connectivity index (χ4n) is 0.617. The Morgan fingerprint density at radius 1 is 1.60 bits per heavy atom. The quantitative estimate of drug-likeness (QED) is 0.542. The van der Waals surface area contributed by atoms with Gasteiger partial charge >= 0.3 is 0 Å². The van der Waals surface area contributed by atoms with Gasteiger partial charge < -0.3 is 4.90 Å². The Morgan fingerprint density at radius 3 is 2.80 bits per heavy atom. The Kier molecular flexibility index (Phi) is 1.66. The summed E-state index contributed by atoms with van der Waals surface area (Å²) in [6.45, 7) is 0. The molecule has 1 aliphatic heterocycles. The van der Waals surface area contributed by atoms with Crippen LogP contribution in [-0.2, 0) is 0 Å². The van der Waals surface area contributed by atoms with E-state index in [9.17, 15) is 0 Å². The van der Waals surface area contributed by atoms with E-state index in [1.165, 1.54) is 0 Å². The third-order valence-corrected chi connectivity index (χ3v) is 1.19. The molecule has 1 rings (SSSR count). The van der Waals surface area contributed by atoms with Gasteiger partial charge in [-0.3, -0.25) is 5.01 Å². The molecule has 0 bridgehead atoms. The molecule has 0 unspecified atom stereocenters. The average molecular weight is 139 g/mol. The van der Waals surface area contributed by atoms with Crippen molar-refractivity contribution in [3.63, 3.8) is 0 Å². The third-order valence-electron chi connectivity index (χ3n) is 1.19. The first-order valence-corrected chi connectivity index (χ1v) is 2.83. The van der Waals surface area contributed by atoms with Gasteiger partial charge in [0.25, 0.3) is 0 Å². The lowest BCUT2D eigenvalue weighted by Gasteiger charge is -2.19. The minimum atomic E-state index is 0.581. The van der Waals surface area contributed by atoms with Crippen molar-refractivity contribution in [2.24, 2.45) is 10.2 Å². The number of nitrogens with one attached hydrogen (secondary N) is 1. The lowest BCUT2D eigenvalue weighted by Crippen LogP contribution is -2.22. The number of hydrazone groups is 1. The van der Waals surface area contributed by atoms with Gasteiger partial charge in [-0.15, -0.1) is 5.11 Å². The van der Waals surface area contributed by atoms with Crippen molar-refractivity contribution in [1.82, 2.24) is 9.91 Å². The van der Waals surface area contributed by atoms with Gasteiger partial charge in [-0.25, -0.2) is 5.53 Å². The van der Waals surface area contributed by atoms with Crippen LogP contribution in [0.2, 0.25) is 0 Å². The van der Waals surface area contributed by atoms with E-state index in [1.54, 1.807) is 36.5 Å². The summed E-state index contributed by atoms with van der Waals surface area (Å²) in [7, 11) is 3.58. The molecule has 1 N–H and O–H groups in total. The lowest BCUT2D eigenvalue weighted by atomic mass is 10.6. The topological polar surface area (TPSA) is 55.1 Å². The highest BCUT2D eigenvalue weighted by atomic mass is 15.5. The van der Waals surface area contributed by atoms with E-state index in [2.05, 4.69) is 10.2 Å². The van der Waals surface area contributed by atoms with Gasteiger partial charge in [-0.2, -0.15) is 5.10 Å². The minimum absolute atomic E-state index is 0.581. The Labute approximate surface area is 59.1 Å². The first-order valence-electron chi connectivity index (χ1n) is 2.83. The van der Waals surface area contributed by atoms with Crippen LogP contribution in [0.5, 0.6) is 0 Å². The predicted molar refractivity (Wildman–Crippen MR) is 37.2 cm³/mol. The summed E-state index contributed by atoms with van der Waals surface area (Å²) in [6, 6.07) is 0. The fraction of sp³-hybridized carbons (Fsp3) is 0.400. The van der Waals surface area contributed by atoms with Crippen LogP contribution in [0.4, 0.5) is 0 Å². The van der Waals surface area contributed by atoms with Crippen molar-refractivity contribution in [2.45, 2.75) is 0 Å². The highest BCUT2D eigenvalue weighted by molar-refractivity contribution is 5.58. The van der Waals surface area contributed by atoms with Crippen LogP contribution >= 0.6 is 0 Å². The molecule has 0 fully saturated rings. The molecule has 0 amide bonds. The molecular weight excluding hydrogens is 130 g/mol. The Bertz CT molecular complexity index is 194. The third kappa shape index (κ3) is 1.12. The van der Waals surface area contributed by atoms with Crippen LogP contribution in [0, 0.1) is 5.53 Å². The van der Waals surface area contributed by atoms with E-state index in [0.717, 1.165) is 0 Å². The molecule has 1 aliphatic rings. The van der Waals surface area contributed by atoms with E-state index < -0.39 is 0 Å². The molecule has 0 saturated carbocycles. The molecule has 54 valence electrons. The summed E-state index contributed by atoms with van der Waals surface area (Å²) in [4.78, 5) is 1.67. The van der Waals surface area contributed by atoms with E-state index in [-0.39, 0.29) is 0 Å². The van der Waals surface area contributed by atoms with Crippen molar-refractivity contribution >= 4 is 6.34 Å². The maximum absolute atomic E-state index is 6.74. The first-order chi connectivity index (χ1) is 4.74. The molecule has 0 aromatic carbocycles. The maximum atomic E-state index is 6.74. The summed E-state index contributed by atoms with van der Waals surface area (Å²) in [5.74, 6) is 0.581. The van der Waals surface area contributed by atoms with Gasteiger partial charge in [-0.05, 0) is 0 Å². The zero-order chi connectivity index (χ0) is 7.56. The van der Waals surface area contributed by atoms with Gasteiger partial charge in [0.1, 0.15) is 6.34 Å². The maximum Gasteiger partial charge on any atom is 0.173 e. The summed E-state index contributed by atoms with van der Waals surface area (Å²) >= 11 is 0. The smallest absolute Gasteiger partial charge is 0.173 e. The zero-order valence-electron chi connectivity index (χ0n) is 5.94. The lowest BCUT2D eigenvalue weighted by molar-refractivity contribution is 0.430. The second-order valence-corrected chi connectivity index (χ2v) is 2.01. The van der Waals surface area contributed by atoms with Crippen LogP contribution in [0.15, 0.2) is 22.2 Å². The molecule has 0 aromatic rings.